The zero-order valence-corrected chi connectivity index (χ0v) is 6.42. The molecule has 0 radical (unpaired) electrons. The van der Waals surface area contributed by atoms with Gasteiger partial charge in [0.15, 0.2) is 5.54 Å². The second-order valence-electron chi connectivity index (χ2n) is 3.12. The van der Waals surface area contributed by atoms with Crippen molar-refractivity contribution in [3.05, 3.63) is 0 Å². The number of carbonyl (C=O) groups excluding carboxylic acids is 3. The average molecular weight is 169 g/mol. The minimum Gasteiger partial charge on any atom is -0.391 e. The number of rotatable bonds is 1. The van der Waals surface area contributed by atoms with E-state index < -0.39 is 23.4 Å². The molecule has 0 spiro atoms. The Morgan fingerprint density at radius 2 is 2.33 bits per heavy atom. The van der Waals surface area contributed by atoms with E-state index in [9.17, 15) is 14.4 Å². The summed E-state index contributed by atoms with van der Waals surface area (Å²) >= 11 is 0. The van der Waals surface area contributed by atoms with E-state index in [0.717, 1.165) is 0 Å². The van der Waals surface area contributed by atoms with Crippen molar-refractivity contribution in [1.82, 2.24) is 5.32 Å². The standard InChI is InChI=1S/C7H7NO4/c1-3(9)8-7-2-4(7)5(10)12-6(7)11/h4H,2H2,1H3,(H,8,9). The van der Waals surface area contributed by atoms with Gasteiger partial charge in [0.05, 0.1) is 5.92 Å². The topological polar surface area (TPSA) is 72.5 Å². The second-order valence-corrected chi connectivity index (χ2v) is 3.12. The summed E-state index contributed by atoms with van der Waals surface area (Å²) in [6, 6.07) is 0. The molecule has 12 heavy (non-hydrogen) atoms. The first kappa shape index (κ1) is 7.27. The van der Waals surface area contributed by atoms with Crippen LogP contribution < -0.4 is 5.32 Å². The molecule has 2 fully saturated rings. The van der Waals surface area contributed by atoms with Crippen molar-refractivity contribution in [2.45, 2.75) is 18.9 Å². The molecule has 1 saturated heterocycles. The molecule has 0 bridgehead atoms. The summed E-state index contributed by atoms with van der Waals surface area (Å²) < 4.78 is 4.33. The molecular weight excluding hydrogens is 162 g/mol. The number of nitrogens with one attached hydrogen (secondary N) is 1. The van der Waals surface area contributed by atoms with E-state index in [1.165, 1.54) is 6.92 Å². The van der Waals surface area contributed by atoms with Crippen LogP contribution in [0.3, 0.4) is 0 Å². The van der Waals surface area contributed by atoms with Gasteiger partial charge in [-0.15, -0.1) is 0 Å². The van der Waals surface area contributed by atoms with Crippen LogP contribution in [-0.4, -0.2) is 23.4 Å². The Hall–Kier alpha value is -1.39. The van der Waals surface area contributed by atoms with Crippen LogP contribution in [0.4, 0.5) is 0 Å². The van der Waals surface area contributed by atoms with Gasteiger partial charge in [-0.3, -0.25) is 9.59 Å². The van der Waals surface area contributed by atoms with Crippen LogP contribution in [0.1, 0.15) is 13.3 Å². The molecule has 1 saturated carbocycles. The van der Waals surface area contributed by atoms with Crippen molar-refractivity contribution in [1.29, 1.82) is 0 Å². The molecule has 0 aromatic heterocycles. The molecule has 2 atom stereocenters. The molecule has 1 aliphatic carbocycles. The zero-order valence-electron chi connectivity index (χ0n) is 6.42. The molecular formula is C7H7NO4. The van der Waals surface area contributed by atoms with E-state index in [2.05, 4.69) is 10.1 Å². The van der Waals surface area contributed by atoms with E-state index in [1.807, 2.05) is 0 Å². The van der Waals surface area contributed by atoms with E-state index >= 15 is 0 Å². The molecule has 0 aromatic carbocycles. The second kappa shape index (κ2) is 1.85. The maximum absolute atomic E-state index is 11.0. The van der Waals surface area contributed by atoms with E-state index in [0.29, 0.717) is 6.42 Å². The number of hydrogen-bond acceptors (Lipinski definition) is 4. The maximum Gasteiger partial charge on any atom is 0.340 e. The van der Waals surface area contributed by atoms with Gasteiger partial charge >= 0.3 is 11.9 Å². The van der Waals surface area contributed by atoms with Crippen LogP contribution in [0.5, 0.6) is 0 Å². The highest BCUT2D eigenvalue weighted by Gasteiger charge is 2.72. The Kier molecular flexibility index (Phi) is 1.12. The molecule has 1 amide bonds. The minimum atomic E-state index is -0.997. The first-order valence-corrected chi connectivity index (χ1v) is 3.61. The molecule has 0 aromatic rings. The maximum atomic E-state index is 11.0. The van der Waals surface area contributed by atoms with Crippen molar-refractivity contribution in [2.24, 2.45) is 5.92 Å². The summed E-state index contributed by atoms with van der Waals surface area (Å²) in [5.41, 5.74) is -0.997. The van der Waals surface area contributed by atoms with Gasteiger partial charge in [-0.25, -0.2) is 4.79 Å². The predicted molar refractivity (Wildman–Crippen MR) is 35.8 cm³/mol. The lowest BCUT2D eigenvalue weighted by molar-refractivity contribution is -0.156. The van der Waals surface area contributed by atoms with Crippen molar-refractivity contribution in [2.75, 3.05) is 0 Å². The summed E-state index contributed by atoms with van der Waals surface area (Å²) in [5.74, 6) is -1.89. The highest BCUT2D eigenvalue weighted by Crippen LogP contribution is 2.49. The largest absolute Gasteiger partial charge is 0.391 e. The highest BCUT2D eigenvalue weighted by atomic mass is 16.6. The fraction of sp³-hybridized carbons (Fsp3) is 0.571. The SMILES string of the molecule is CC(=O)NC12CC1C(=O)OC2=O. The van der Waals surface area contributed by atoms with Crippen LogP contribution in [0.25, 0.3) is 0 Å². The first-order valence-electron chi connectivity index (χ1n) is 3.61. The lowest BCUT2D eigenvalue weighted by Gasteiger charge is -2.07. The van der Waals surface area contributed by atoms with Gasteiger partial charge in [0.2, 0.25) is 5.91 Å². The molecule has 2 rings (SSSR count). The highest BCUT2D eigenvalue weighted by molar-refractivity contribution is 6.08. The van der Waals surface area contributed by atoms with Gasteiger partial charge in [0.1, 0.15) is 0 Å². The number of amides is 1. The Morgan fingerprint density at radius 1 is 1.67 bits per heavy atom. The lowest BCUT2D eigenvalue weighted by atomic mass is 10.2. The fourth-order valence-electron chi connectivity index (χ4n) is 1.53. The normalized spacial score (nSPS) is 37.2. The average Bonchev–Trinajstić information content (AvgIpc) is 2.57. The number of cyclic esters (lactones) is 2. The monoisotopic (exact) mass is 169 g/mol. The Balaban J connectivity index is 2.20. The van der Waals surface area contributed by atoms with Gasteiger partial charge in [0, 0.05) is 6.92 Å². The van der Waals surface area contributed by atoms with Gasteiger partial charge in [-0.1, -0.05) is 0 Å². The molecule has 5 nitrogen and oxygen atoms in total. The molecule has 64 valence electrons. The number of carbonyl (C=O) groups is 3. The molecule has 1 aliphatic heterocycles. The summed E-state index contributed by atoms with van der Waals surface area (Å²) in [7, 11) is 0. The Labute approximate surface area is 68.1 Å². The van der Waals surface area contributed by atoms with Crippen molar-refractivity contribution in [3.8, 4) is 0 Å². The quantitative estimate of drug-likeness (QED) is 0.402. The smallest absolute Gasteiger partial charge is 0.340 e. The zero-order chi connectivity index (χ0) is 8.93. The predicted octanol–water partition coefficient (Wildman–Crippen LogP) is -1.04. The van der Waals surface area contributed by atoms with Crippen molar-refractivity contribution >= 4 is 17.8 Å². The molecule has 1 N–H and O–H groups in total. The van der Waals surface area contributed by atoms with Gasteiger partial charge in [-0.05, 0) is 6.42 Å². The molecule has 1 heterocycles. The van der Waals surface area contributed by atoms with Crippen LogP contribution in [0.15, 0.2) is 0 Å². The Morgan fingerprint density at radius 3 is 2.67 bits per heavy atom. The minimum absolute atomic E-state index is 0.316. The van der Waals surface area contributed by atoms with Crippen LogP contribution in [0.2, 0.25) is 0 Å². The third-order valence-corrected chi connectivity index (χ3v) is 2.20. The molecule has 2 unspecified atom stereocenters. The number of ether oxygens (including phenoxy) is 1. The summed E-state index contributed by atoms with van der Waals surface area (Å²) in [5, 5.41) is 2.44. The third kappa shape index (κ3) is 0.704. The van der Waals surface area contributed by atoms with Gasteiger partial charge in [0.25, 0.3) is 0 Å². The summed E-state index contributed by atoms with van der Waals surface area (Å²) in [4.78, 5) is 32.5. The fourth-order valence-corrected chi connectivity index (χ4v) is 1.53. The lowest BCUT2D eigenvalue weighted by Crippen LogP contribution is -2.41. The van der Waals surface area contributed by atoms with Crippen LogP contribution in [0, 0.1) is 5.92 Å². The van der Waals surface area contributed by atoms with Crippen LogP contribution >= 0.6 is 0 Å². The van der Waals surface area contributed by atoms with Gasteiger partial charge in [-0.2, -0.15) is 0 Å². The van der Waals surface area contributed by atoms with E-state index in [1.54, 1.807) is 0 Å². The third-order valence-electron chi connectivity index (χ3n) is 2.20. The number of esters is 2. The summed E-state index contributed by atoms with van der Waals surface area (Å²) in [6.07, 6.45) is 0.393. The van der Waals surface area contributed by atoms with E-state index in [-0.39, 0.29) is 5.91 Å². The van der Waals surface area contributed by atoms with Crippen molar-refractivity contribution in [3.63, 3.8) is 0 Å². The summed E-state index contributed by atoms with van der Waals surface area (Å²) in [6.45, 7) is 1.31. The first-order chi connectivity index (χ1) is 5.56. The number of fused-ring (bicyclic) bond motifs is 1. The van der Waals surface area contributed by atoms with Crippen LogP contribution in [-0.2, 0) is 19.1 Å². The molecule has 2 aliphatic rings. The van der Waals surface area contributed by atoms with Gasteiger partial charge < -0.3 is 10.1 Å². The van der Waals surface area contributed by atoms with E-state index in [4.69, 9.17) is 0 Å². The van der Waals surface area contributed by atoms with Crippen molar-refractivity contribution < 1.29 is 19.1 Å². The Bertz CT molecular complexity index is 298. The molecule has 5 heteroatoms. The number of hydrogen-bond donors (Lipinski definition) is 1.